The van der Waals surface area contributed by atoms with Crippen molar-refractivity contribution < 1.29 is 24.0 Å². The highest BCUT2D eigenvalue weighted by Gasteiger charge is 2.43. The van der Waals surface area contributed by atoms with Crippen LogP contribution in [0.3, 0.4) is 0 Å². The lowest BCUT2D eigenvalue weighted by Crippen LogP contribution is -2.60. The molecule has 0 radical (unpaired) electrons. The van der Waals surface area contributed by atoms with Crippen LogP contribution in [0.5, 0.6) is 0 Å². The Balaban J connectivity index is 1.66. The maximum absolute atomic E-state index is 15.2. The quantitative estimate of drug-likeness (QED) is 0.174. The minimum Gasteiger partial charge on any atom is -0.342 e. The molecule has 13 nitrogen and oxygen atoms in total. The zero-order valence-corrected chi connectivity index (χ0v) is 38.1. The largest absolute Gasteiger partial charge is 0.342 e. The summed E-state index contributed by atoms with van der Waals surface area (Å²) in [6.07, 6.45) is 4.33. The smallest absolute Gasteiger partial charge is 0.320 e. The molecule has 4 rings (SSSR count). The van der Waals surface area contributed by atoms with Crippen LogP contribution in [0.2, 0.25) is 0 Å². The number of hydrogen-bond donors (Lipinski definition) is 4. The molecule has 1 unspecified atom stereocenters. The van der Waals surface area contributed by atoms with Crippen molar-refractivity contribution in [2.24, 2.45) is 10.8 Å². The molecule has 4 N–H and O–H groups in total. The first-order chi connectivity index (χ1) is 28.3. The van der Waals surface area contributed by atoms with Gasteiger partial charge in [0.05, 0.1) is 12.1 Å². The van der Waals surface area contributed by atoms with Gasteiger partial charge in [-0.2, -0.15) is 0 Å². The fourth-order valence-electron chi connectivity index (χ4n) is 8.11. The topological polar surface area (TPSA) is 146 Å². The fraction of sp³-hybridized carbons (Fsp3) is 0.638. The summed E-state index contributed by atoms with van der Waals surface area (Å²) in [5.74, 6) is -0.748. The summed E-state index contributed by atoms with van der Waals surface area (Å²) in [6, 6.07) is 17.2. The minimum absolute atomic E-state index is 0.132. The van der Waals surface area contributed by atoms with Crippen molar-refractivity contribution in [1.29, 1.82) is 0 Å². The normalized spacial score (nSPS) is 19.0. The van der Waals surface area contributed by atoms with Gasteiger partial charge >= 0.3 is 6.03 Å². The number of carbonyl (C=O) groups is 5. The number of likely N-dealkylation sites (tertiary alicyclic amines) is 2. The molecule has 2 aromatic carbocycles. The van der Waals surface area contributed by atoms with Gasteiger partial charge in [-0.25, -0.2) is 4.79 Å². The molecule has 2 heterocycles. The third-order valence-electron chi connectivity index (χ3n) is 12.2. The van der Waals surface area contributed by atoms with E-state index in [-0.39, 0.29) is 41.7 Å². The zero-order chi connectivity index (χ0) is 44.2. The molecule has 13 heteroatoms. The SMILES string of the molecule is CN[C@@H](C)C(=O)N[C@H](C(=O)N1CCCC1CN(CCc1ccccc1)C(=O)N(CCc1ccccc1)C[C@@H]1CCCN1C(=O)[C@@H](NC(=O)[C@H](C)NC)C(C)(C)C)C(C)(C)C. The first-order valence-corrected chi connectivity index (χ1v) is 22.0. The standard InChI is InChI=1S/C47H74N8O5/c1-33(48-9)41(56)50-39(46(3,4)5)43(58)54-27-17-23-37(54)31-52(29-25-35-19-13-11-14-20-35)45(60)53(30-26-36-21-15-12-16-22-36)32-38-24-18-28-55(38)44(59)40(47(6,7)8)51-42(57)34(2)49-10/h11-16,19-22,33-34,37-40,48-49H,17-18,23-32H2,1-10H3,(H,50,56)(H,51,57)/t33-,34-,37-,38?,39+,40+/m0/s1. The van der Waals surface area contributed by atoms with Gasteiger partial charge in [0, 0.05) is 51.4 Å². The molecule has 0 spiro atoms. The number of amides is 6. The van der Waals surface area contributed by atoms with Gasteiger partial charge in [-0.05, 0) is 88.4 Å². The maximum Gasteiger partial charge on any atom is 0.320 e. The summed E-state index contributed by atoms with van der Waals surface area (Å²) in [5.41, 5.74) is 1.12. The summed E-state index contributed by atoms with van der Waals surface area (Å²) in [4.78, 5) is 77.9. The van der Waals surface area contributed by atoms with Gasteiger partial charge < -0.3 is 40.9 Å². The summed E-state index contributed by atoms with van der Waals surface area (Å²) < 4.78 is 0. The number of urea groups is 1. The van der Waals surface area contributed by atoms with Crippen LogP contribution >= 0.6 is 0 Å². The van der Waals surface area contributed by atoms with E-state index in [2.05, 4.69) is 45.5 Å². The highest BCUT2D eigenvalue weighted by molar-refractivity contribution is 5.91. The Morgan fingerprint density at radius 3 is 1.28 bits per heavy atom. The van der Waals surface area contributed by atoms with Crippen molar-refractivity contribution in [3.05, 3.63) is 71.8 Å². The highest BCUT2D eigenvalue weighted by atomic mass is 16.2. The van der Waals surface area contributed by atoms with Crippen LogP contribution < -0.4 is 21.3 Å². The second kappa shape index (κ2) is 21.9. The van der Waals surface area contributed by atoms with Crippen LogP contribution in [0, 0.1) is 10.8 Å². The Bertz CT molecular complexity index is 1590. The molecule has 0 aliphatic carbocycles. The minimum atomic E-state index is -0.744. The first-order valence-electron chi connectivity index (χ1n) is 22.0. The van der Waals surface area contributed by atoms with Gasteiger partial charge in [0.2, 0.25) is 23.6 Å². The monoisotopic (exact) mass is 831 g/mol. The Morgan fingerprint density at radius 2 is 0.967 bits per heavy atom. The number of nitrogens with one attached hydrogen (secondary N) is 4. The summed E-state index contributed by atoms with van der Waals surface area (Å²) in [7, 11) is 3.44. The molecular weight excluding hydrogens is 757 g/mol. The Hall–Kier alpha value is -4.49. The Labute approximate surface area is 359 Å². The molecule has 0 saturated carbocycles. The van der Waals surface area contributed by atoms with Crippen molar-refractivity contribution in [1.82, 2.24) is 40.9 Å². The predicted molar refractivity (Wildman–Crippen MR) is 238 cm³/mol. The molecule has 6 atom stereocenters. The predicted octanol–water partition coefficient (Wildman–Crippen LogP) is 4.46. The van der Waals surface area contributed by atoms with Crippen LogP contribution in [0.15, 0.2) is 60.7 Å². The van der Waals surface area contributed by atoms with Crippen molar-refractivity contribution in [3.63, 3.8) is 0 Å². The van der Waals surface area contributed by atoms with E-state index in [4.69, 9.17) is 0 Å². The maximum atomic E-state index is 15.2. The number of benzene rings is 2. The first kappa shape index (κ1) is 48.2. The Kier molecular flexibility index (Phi) is 17.5. The number of hydrogen-bond acceptors (Lipinski definition) is 7. The van der Waals surface area contributed by atoms with Crippen LogP contribution in [-0.4, -0.2) is 139 Å². The van der Waals surface area contributed by atoms with Gasteiger partial charge in [-0.3, -0.25) is 19.2 Å². The number of rotatable bonds is 18. The lowest BCUT2D eigenvalue weighted by molar-refractivity contribution is -0.140. The molecule has 2 aliphatic heterocycles. The van der Waals surface area contributed by atoms with Crippen LogP contribution in [0.1, 0.15) is 92.2 Å². The van der Waals surface area contributed by atoms with E-state index >= 15 is 4.79 Å². The summed E-state index contributed by atoms with van der Waals surface area (Å²) in [6.45, 7) is 18.0. The fourth-order valence-corrected chi connectivity index (χ4v) is 8.11. The van der Waals surface area contributed by atoms with Crippen molar-refractivity contribution in [2.45, 2.75) is 130 Å². The molecule has 6 amide bonds. The second-order valence-electron chi connectivity index (χ2n) is 18.9. The van der Waals surface area contributed by atoms with E-state index in [9.17, 15) is 19.2 Å². The lowest BCUT2D eigenvalue weighted by Gasteiger charge is -2.40. The molecule has 60 heavy (non-hydrogen) atoms. The van der Waals surface area contributed by atoms with E-state index in [1.807, 2.05) is 97.5 Å². The van der Waals surface area contributed by atoms with E-state index in [1.165, 1.54) is 0 Å². The number of likely N-dealkylation sites (N-methyl/N-ethyl adjacent to an activating group) is 2. The van der Waals surface area contributed by atoms with Crippen LogP contribution in [-0.2, 0) is 32.0 Å². The van der Waals surface area contributed by atoms with Crippen molar-refractivity contribution in [3.8, 4) is 0 Å². The summed E-state index contributed by atoms with van der Waals surface area (Å²) >= 11 is 0. The third kappa shape index (κ3) is 13.3. The lowest BCUT2D eigenvalue weighted by atomic mass is 9.85. The molecule has 2 fully saturated rings. The molecule has 332 valence electrons. The third-order valence-corrected chi connectivity index (χ3v) is 12.2. The average Bonchev–Trinajstić information content (AvgIpc) is 3.90. The van der Waals surface area contributed by atoms with Crippen molar-refractivity contribution >= 4 is 29.7 Å². The molecule has 2 aromatic rings. The van der Waals surface area contributed by atoms with Crippen LogP contribution in [0.4, 0.5) is 4.79 Å². The van der Waals surface area contributed by atoms with E-state index in [1.54, 1.807) is 27.9 Å². The Morgan fingerprint density at radius 1 is 0.617 bits per heavy atom. The van der Waals surface area contributed by atoms with E-state index in [0.717, 1.165) is 36.8 Å². The molecule has 0 aromatic heterocycles. The van der Waals surface area contributed by atoms with Gasteiger partial charge in [0.15, 0.2) is 0 Å². The van der Waals surface area contributed by atoms with Crippen molar-refractivity contribution in [2.75, 3.05) is 53.4 Å². The van der Waals surface area contributed by atoms with Gasteiger partial charge in [0.1, 0.15) is 12.1 Å². The summed E-state index contributed by atoms with van der Waals surface area (Å²) in [5, 5.41) is 12.0. The highest BCUT2D eigenvalue weighted by Crippen LogP contribution is 2.29. The molecule has 0 bridgehead atoms. The van der Waals surface area contributed by atoms with Crippen LogP contribution in [0.25, 0.3) is 0 Å². The van der Waals surface area contributed by atoms with Gasteiger partial charge in [-0.1, -0.05) is 102 Å². The molecule has 2 aliphatic rings. The molecular formula is C47H74N8O5. The van der Waals surface area contributed by atoms with Gasteiger partial charge in [-0.15, -0.1) is 0 Å². The van der Waals surface area contributed by atoms with E-state index < -0.39 is 35.0 Å². The van der Waals surface area contributed by atoms with E-state index in [0.29, 0.717) is 52.1 Å². The second-order valence-corrected chi connectivity index (χ2v) is 18.9. The zero-order valence-electron chi connectivity index (χ0n) is 38.1. The molecule has 2 saturated heterocycles. The number of carbonyl (C=O) groups excluding carboxylic acids is 5. The van der Waals surface area contributed by atoms with Gasteiger partial charge in [0.25, 0.3) is 0 Å². The number of nitrogens with zero attached hydrogens (tertiary/aromatic N) is 4. The average molecular weight is 831 g/mol.